The minimum Gasteiger partial charge on any atom is -0.383 e. The van der Waals surface area contributed by atoms with Gasteiger partial charge in [0, 0.05) is 56.0 Å². The standard InChI is InChI=1S/C21H21N5O5/c1-25-11-9-23-20(25)19(27)14-3-6-16(7-4-14)24-21(28)15-5-8-17(22-10-12-31-2)18(13-15)26(29)30/h3-9,11,13,22H,10,12H2,1-2H3,(H,24,28). The van der Waals surface area contributed by atoms with Gasteiger partial charge in [0.05, 0.1) is 11.5 Å². The molecule has 2 aromatic carbocycles. The predicted molar refractivity (Wildman–Crippen MR) is 114 cm³/mol. The molecule has 0 fully saturated rings. The summed E-state index contributed by atoms with van der Waals surface area (Å²) >= 11 is 0. The van der Waals surface area contributed by atoms with Crippen molar-refractivity contribution < 1.29 is 19.2 Å². The van der Waals surface area contributed by atoms with Gasteiger partial charge < -0.3 is 19.9 Å². The number of nitrogens with zero attached hydrogens (tertiary/aromatic N) is 3. The number of nitro groups is 1. The number of rotatable bonds is 9. The summed E-state index contributed by atoms with van der Waals surface area (Å²) in [5.41, 5.74) is 1.11. The van der Waals surface area contributed by atoms with E-state index in [1.54, 1.807) is 48.3 Å². The van der Waals surface area contributed by atoms with Gasteiger partial charge in [-0.2, -0.15) is 0 Å². The molecule has 0 aliphatic heterocycles. The molecular formula is C21H21N5O5. The second-order valence-electron chi connectivity index (χ2n) is 6.63. The number of aryl methyl sites for hydroxylation is 1. The number of anilines is 2. The maximum absolute atomic E-state index is 12.6. The van der Waals surface area contributed by atoms with Gasteiger partial charge in [0.2, 0.25) is 5.78 Å². The molecule has 0 radical (unpaired) electrons. The van der Waals surface area contributed by atoms with Gasteiger partial charge in [-0.1, -0.05) is 0 Å². The van der Waals surface area contributed by atoms with Crippen molar-refractivity contribution in [3.63, 3.8) is 0 Å². The number of nitro benzene ring substituents is 1. The molecule has 10 nitrogen and oxygen atoms in total. The first-order valence-corrected chi connectivity index (χ1v) is 9.35. The molecular weight excluding hydrogens is 402 g/mol. The second kappa shape index (κ2) is 9.63. The number of imidazole rings is 1. The van der Waals surface area contributed by atoms with E-state index in [4.69, 9.17) is 4.74 Å². The van der Waals surface area contributed by atoms with Gasteiger partial charge in [0.1, 0.15) is 5.69 Å². The van der Waals surface area contributed by atoms with Crippen molar-refractivity contribution in [2.45, 2.75) is 0 Å². The molecule has 0 saturated heterocycles. The molecule has 0 aliphatic rings. The number of ketones is 1. The molecule has 3 rings (SSSR count). The normalized spacial score (nSPS) is 10.5. The lowest BCUT2D eigenvalue weighted by Gasteiger charge is -2.09. The SMILES string of the molecule is COCCNc1ccc(C(=O)Nc2ccc(C(=O)c3nccn3C)cc2)cc1[N+](=O)[O-]. The number of nitrogens with one attached hydrogen (secondary N) is 2. The van der Waals surface area contributed by atoms with Crippen LogP contribution in [0.4, 0.5) is 17.1 Å². The Morgan fingerprint density at radius 3 is 2.48 bits per heavy atom. The van der Waals surface area contributed by atoms with E-state index in [-0.39, 0.29) is 17.0 Å². The molecule has 1 amide bonds. The highest BCUT2D eigenvalue weighted by molar-refractivity contribution is 6.08. The van der Waals surface area contributed by atoms with Crippen LogP contribution >= 0.6 is 0 Å². The quantitative estimate of drug-likeness (QED) is 0.234. The highest BCUT2D eigenvalue weighted by Crippen LogP contribution is 2.26. The summed E-state index contributed by atoms with van der Waals surface area (Å²) in [6.45, 7) is 0.782. The average molecular weight is 423 g/mol. The molecule has 2 N–H and O–H groups in total. The first kappa shape index (κ1) is 21.7. The summed E-state index contributed by atoms with van der Waals surface area (Å²) in [5.74, 6) is -0.435. The molecule has 1 heterocycles. The van der Waals surface area contributed by atoms with E-state index < -0.39 is 10.8 Å². The van der Waals surface area contributed by atoms with E-state index in [9.17, 15) is 19.7 Å². The summed E-state index contributed by atoms with van der Waals surface area (Å²) in [6, 6.07) is 10.5. The Balaban J connectivity index is 1.72. The van der Waals surface area contributed by atoms with Crippen LogP contribution in [0.3, 0.4) is 0 Å². The Morgan fingerprint density at radius 1 is 1.16 bits per heavy atom. The fourth-order valence-electron chi connectivity index (χ4n) is 2.88. The van der Waals surface area contributed by atoms with E-state index in [1.165, 1.54) is 25.3 Å². The zero-order chi connectivity index (χ0) is 22.4. The third-order valence-corrected chi connectivity index (χ3v) is 4.51. The lowest BCUT2D eigenvalue weighted by atomic mass is 10.1. The number of aromatic nitrogens is 2. The number of ether oxygens (including phenoxy) is 1. The average Bonchev–Trinajstić information content (AvgIpc) is 3.19. The van der Waals surface area contributed by atoms with Crippen molar-refractivity contribution >= 4 is 28.8 Å². The van der Waals surface area contributed by atoms with Crippen LogP contribution in [0.2, 0.25) is 0 Å². The van der Waals surface area contributed by atoms with Crippen LogP contribution in [0, 0.1) is 10.1 Å². The zero-order valence-electron chi connectivity index (χ0n) is 17.0. The van der Waals surface area contributed by atoms with Crippen LogP contribution in [-0.4, -0.2) is 46.4 Å². The third kappa shape index (κ3) is 5.11. The molecule has 0 aliphatic carbocycles. The molecule has 0 saturated carbocycles. The third-order valence-electron chi connectivity index (χ3n) is 4.51. The first-order valence-electron chi connectivity index (χ1n) is 9.35. The number of hydrogen-bond acceptors (Lipinski definition) is 7. The fourth-order valence-corrected chi connectivity index (χ4v) is 2.88. The highest BCUT2D eigenvalue weighted by Gasteiger charge is 2.18. The number of carbonyl (C=O) groups excluding carboxylic acids is 2. The van der Waals surface area contributed by atoms with Crippen LogP contribution in [-0.2, 0) is 11.8 Å². The van der Waals surface area contributed by atoms with Gasteiger partial charge in [0.25, 0.3) is 11.6 Å². The van der Waals surface area contributed by atoms with Crippen molar-refractivity contribution in [2.24, 2.45) is 7.05 Å². The number of methoxy groups -OCH3 is 1. The minimum atomic E-state index is -0.552. The largest absolute Gasteiger partial charge is 0.383 e. The molecule has 1 aromatic heterocycles. The molecule has 160 valence electrons. The molecule has 31 heavy (non-hydrogen) atoms. The maximum atomic E-state index is 12.6. The van der Waals surface area contributed by atoms with Crippen LogP contribution in [0.1, 0.15) is 26.5 Å². The molecule has 0 unspecified atom stereocenters. The molecule has 0 bridgehead atoms. The minimum absolute atomic E-state index is 0.136. The van der Waals surface area contributed by atoms with Gasteiger partial charge in [-0.3, -0.25) is 19.7 Å². The van der Waals surface area contributed by atoms with Gasteiger partial charge >= 0.3 is 0 Å². The first-order chi connectivity index (χ1) is 14.9. The van der Waals surface area contributed by atoms with Gasteiger partial charge in [-0.25, -0.2) is 4.98 Å². The van der Waals surface area contributed by atoms with E-state index in [0.29, 0.717) is 35.9 Å². The van der Waals surface area contributed by atoms with Gasteiger partial charge in [-0.05, 0) is 36.4 Å². The van der Waals surface area contributed by atoms with Gasteiger partial charge in [0.15, 0.2) is 5.82 Å². The second-order valence-corrected chi connectivity index (χ2v) is 6.63. The molecule has 3 aromatic rings. The van der Waals surface area contributed by atoms with Crippen molar-refractivity contribution in [1.82, 2.24) is 9.55 Å². The zero-order valence-corrected chi connectivity index (χ0v) is 17.0. The Bertz CT molecular complexity index is 1110. The Morgan fingerprint density at radius 2 is 1.87 bits per heavy atom. The number of benzene rings is 2. The maximum Gasteiger partial charge on any atom is 0.293 e. The monoisotopic (exact) mass is 423 g/mol. The lowest BCUT2D eigenvalue weighted by Crippen LogP contribution is -2.14. The van der Waals surface area contributed by atoms with Crippen LogP contribution in [0.25, 0.3) is 0 Å². The summed E-state index contributed by atoms with van der Waals surface area (Å²) in [4.78, 5) is 39.9. The molecule has 10 heteroatoms. The topological polar surface area (TPSA) is 128 Å². The summed E-state index contributed by atoms with van der Waals surface area (Å²) in [6.07, 6.45) is 3.22. The van der Waals surface area contributed by atoms with Crippen molar-refractivity contribution in [2.75, 3.05) is 30.9 Å². The lowest BCUT2D eigenvalue weighted by molar-refractivity contribution is -0.384. The number of carbonyl (C=O) groups is 2. The van der Waals surface area contributed by atoms with E-state index in [2.05, 4.69) is 15.6 Å². The number of amides is 1. The van der Waals surface area contributed by atoms with E-state index in [1.807, 2.05) is 0 Å². The van der Waals surface area contributed by atoms with Crippen molar-refractivity contribution in [3.8, 4) is 0 Å². The highest BCUT2D eigenvalue weighted by atomic mass is 16.6. The van der Waals surface area contributed by atoms with E-state index in [0.717, 1.165) is 0 Å². The summed E-state index contributed by atoms with van der Waals surface area (Å²) in [5, 5.41) is 17.0. The number of hydrogen-bond donors (Lipinski definition) is 2. The summed E-state index contributed by atoms with van der Waals surface area (Å²) < 4.78 is 6.54. The summed E-state index contributed by atoms with van der Waals surface area (Å²) in [7, 11) is 3.26. The van der Waals surface area contributed by atoms with Gasteiger partial charge in [-0.15, -0.1) is 0 Å². The Kier molecular flexibility index (Phi) is 6.73. The Labute approximate surface area is 178 Å². The Hall–Kier alpha value is -4.05. The van der Waals surface area contributed by atoms with E-state index >= 15 is 0 Å². The van der Waals surface area contributed by atoms with Crippen molar-refractivity contribution in [3.05, 3.63) is 81.9 Å². The predicted octanol–water partition coefficient (Wildman–Crippen LogP) is 2.87. The van der Waals surface area contributed by atoms with Crippen molar-refractivity contribution in [1.29, 1.82) is 0 Å². The molecule has 0 spiro atoms. The smallest absolute Gasteiger partial charge is 0.293 e. The van der Waals surface area contributed by atoms with Crippen LogP contribution in [0.5, 0.6) is 0 Å². The van der Waals surface area contributed by atoms with Crippen LogP contribution in [0.15, 0.2) is 54.9 Å². The van der Waals surface area contributed by atoms with Crippen LogP contribution < -0.4 is 10.6 Å². The molecule has 0 atom stereocenters. The fraction of sp³-hybridized carbons (Fsp3) is 0.190.